The van der Waals surface area contributed by atoms with Crippen molar-refractivity contribution in [3.63, 3.8) is 0 Å². The van der Waals surface area contributed by atoms with Gasteiger partial charge >= 0.3 is 0 Å². The molecule has 2 aliphatic rings. The SMILES string of the molecule is Cc1cc(C#N)cc2c1CN(C1CCC(=O)NC1=O)C2=O. The monoisotopic (exact) mass is 283 g/mol. The summed E-state index contributed by atoms with van der Waals surface area (Å²) in [5.74, 6) is -0.978. The number of hydrogen-bond donors (Lipinski definition) is 1. The molecule has 1 saturated heterocycles. The zero-order chi connectivity index (χ0) is 15.1. The van der Waals surface area contributed by atoms with Gasteiger partial charge in [-0.2, -0.15) is 5.26 Å². The van der Waals surface area contributed by atoms with E-state index in [0.717, 1.165) is 11.1 Å². The number of aryl methyl sites for hydroxylation is 1. The van der Waals surface area contributed by atoms with E-state index in [1.165, 1.54) is 4.90 Å². The Balaban J connectivity index is 1.94. The van der Waals surface area contributed by atoms with Crippen LogP contribution in [-0.4, -0.2) is 28.7 Å². The van der Waals surface area contributed by atoms with Gasteiger partial charge in [-0.15, -0.1) is 0 Å². The summed E-state index contributed by atoms with van der Waals surface area (Å²) in [4.78, 5) is 37.1. The second-order valence-corrected chi connectivity index (χ2v) is 5.33. The van der Waals surface area contributed by atoms with Crippen molar-refractivity contribution in [2.24, 2.45) is 0 Å². The Kier molecular flexibility index (Phi) is 2.98. The van der Waals surface area contributed by atoms with Crippen molar-refractivity contribution in [2.45, 2.75) is 32.4 Å². The van der Waals surface area contributed by atoms with Gasteiger partial charge < -0.3 is 4.90 Å². The van der Waals surface area contributed by atoms with Gasteiger partial charge in [-0.05, 0) is 36.6 Å². The molecule has 0 aliphatic carbocycles. The van der Waals surface area contributed by atoms with Crippen LogP contribution in [-0.2, 0) is 16.1 Å². The lowest BCUT2D eigenvalue weighted by Gasteiger charge is -2.29. The maximum absolute atomic E-state index is 12.5. The number of benzene rings is 1. The number of carbonyl (C=O) groups is 3. The predicted molar refractivity (Wildman–Crippen MR) is 71.9 cm³/mol. The molecule has 1 fully saturated rings. The van der Waals surface area contributed by atoms with Gasteiger partial charge in [0.2, 0.25) is 11.8 Å². The third-order valence-corrected chi connectivity index (χ3v) is 4.01. The minimum atomic E-state index is -0.618. The summed E-state index contributed by atoms with van der Waals surface area (Å²) in [6, 6.07) is 4.72. The van der Waals surface area contributed by atoms with E-state index in [-0.39, 0.29) is 18.2 Å². The molecule has 6 heteroatoms. The lowest BCUT2D eigenvalue weighted by molar-refractivity contribution is -0.136. The first-order chi connectivity index (χ1) is 10.0. The van der Waals surface area contributed by atoms with E-state index < -0.39 is 11.9 Å². The summed E-state index contributed by atoms with van der Waals surface area (Å²) in [5.41, 5.74) is 2.64. The van der Waals surface area contributed by atoms with E-state index in [0.29, 0.717) is 24.1 Å². The minimum Gasteiger partial charge on any atom is -0.322 e. The van der Waals surface area contributed by atoms with Crippen molar-refractivity contribution < 1.29 is 14.4 Å². The molecule has 1 N–H and O–H groups in total. The zero-order valence-electron chi connectivity index (χ0n) is 11.5. The van der Waals surface area contributed by atoms with Gasteiger partial charge in [0.25, 0.3) is 5.91 Å². The van der Waals surface area contributed by atoms with Crippen molar-refractivity contribution in [2.75, 3.05) is 0 Å². The predicted octanol–water partition coefficient (Wildman–Crippen LogP) is 0.628. The average molecular weight is 283 g/mol. The van der Waals surface area contributed by atoms with Gasteiger partial charge in [0.1, 0.15) is 6.04 Å². The van der Waals surface area contributed by atoms with E-state index in [1.807, 2.05) is 13.0 Å². The highest BCUT2D eigenvalue weighted by Gasteiger charge is 2.39. The number of fused-ring (bicyclic) bond motifs is 1. The largest absolute Gasteiger partial charge is 0.322 e. The van der Waals surface area contributed by atoms with Crippen molar-refractivity contribution in [3.05, 3.63) is 34.4 Å². The third kappa shape index (κ3) is 2.07. The number of imide groups is 1. The Bertz CT molecular complexity index is 718. The Hall–Kier alpha value is -2.68. The van der Waals surface area contributed by atoms with Crippen LogP contribution in [0.25, 0.3) is 0 Å². The number of amides is 3. The Labute approximate surface area is 121 Å². The zero-order valence-corrected chi connectivity index (χ0v) is 11.5. The van der Waals surface area contributed by atoms with E-state index in [9.17, 15) is 14.4 Å². The third-order valence-electron chi connectivity index (χ3n) is 4.01. The lowest BCUT2D eigenvalue weighted by Crippen LogP contribution is -2.52. The number of nitriles is 1. The molecule has 1 aromatic carbocycles. The summed E-state index contributed by atoms with van der Waals surface area (Å²) in [5, 5.41) is 11.3. The molecule has 1 unspecified atom stereocenters. The molecule has 6 nitrogen and oxygen atoms in total. The van der Waals surface area contributed by atoms with E-state index in [1.54, 1.807) is 12.1 Å². The number of hydrogen-bond acceptors (Lipinski definition) is 4. The highest BCUT2D eigenvalue weighted by molar-refractivity contribution is 6.05. The molecule has 21 heavy (non-hydrogen) atoms. The number of nitrogens with one attached hydrogen (secondary N) is 1. The summed E-state index contributed by atoms with van der Waals surface area (Å²) in [7, 11) is 0. The normalized spacial score (nSPS) is 21.0. The molecule has 0 bridgehead atoms. The Morgan fingerprint density at radius 3 is 2.76 bits per heavy atom. The highest BCUT2D eigenvalue weighted by atomic mass is 16.2. The van der Waals surface area contributed by atoms with Crippen LogP contribution in [0.3, 0.4) is 0 Å². The fourth-order valence-corrected chi connectivity index (χ4v) is 2.91. The molecule has 0 radical (unpaired) electrons. The number of carbonyl (C=O) groups excluding carboxylic acids is 3. The quantitative estimate of drug-likeness (QED) is 0.765. The molecular weight excluding hydrogens is 270 g/mol. The molecule has 0 aromatic heterocycles. The topological polar surface area (TPSA) is 90.3 Å². The van der Waals surface area contributed by atoms with E-state index >= 15 is 0 Å². The Morgan fingerprint density at radius 1 is 1.33 bits per heavy atom. The highest BCUT2D eigenvalue weighted by Crippen LogP contribution is 2.30. The molecule has 106 valence electrons. The van der Waals surface area contributed by atoms with Gasteiger partial charge in [0.15, 0.2) is 0 Å². The van der Waals surface area contributed by atoms with Crippen molar-refractivity contribution >= 4 is 17.7 Å². The summed E-state index contributed by atoms with van der Waals surface area (Å²) in [6.45, 7) is 2.19. The molecular formula is C15H13N3O3. The molecule has 0 spiro atoms. The van der Waals surface area contributed by atoms with Crippen LogP contribution in [0, 0.1) is 18.3 Å². The summed E-state index contributed by atoms with van der Waals surface area (Å²) >= 11 is 0. The standard InChI is InChI=1S/C15H13N3O3/c1-8-4-9(6-16)5-10-11(8)7-18(15(10)21)12-2-3-13(19)17-14(12)20/h4-5,12H,2-3,7H2,1H3,(H,17,19,20). The maximum Gasteiger partial charge on any atom is 0.255 e. The van der Waals surface area contributed by atoms with Gasteiger partial charge in [-0.1, -0.05) is 0 Å². The molecule has 3 rings (SSSR count). The van der Waals surface area contributed by atoms with Crippen LogP contribution < -0.4 is 5.32 Å². The van der Waals surface area contributed by atoms with Gasteiger partial charge in [0.05, 0.1) is 11.6 Å². The van der Waals surface area contributed by atoms with Crippen LogP contribution >= 0.6 is 0 Å². The van der Waals surface area contributed by atoms with Gasteiger partial charge in [0, 0.05) is 18.5 Å². The van der Waals surface area contributed by atoms with Crippen LogP contribution in [0.4, 0.5) is 0 Å². The smallest absolute Gasteiger partial charge is 0.255 e. The number of rotatable bonds is 1. The van der Waals surface area contributed by atoms with E-state index in [2.05, 4.69) is 5.32 Å². The first kappa shape index (κ1) is 13.3. The maximum atomic E-state index is 12.5. The molecule has 2 heterocycles. The van der Waals surface area contributed by atoms with Gasteiger partial charge in [-0.3, -0.25) is 19.7 Å². The molecule has 3 amide bonds. The number of nitrogens with zero attached hydrogens (tertiary/aromatic N) is 2. The average Bonchev–Trinajstić information content (AvgIpc) is 2.77. The van der Waals surface area contributed by atoms with Crippen molar-refractivity contribution in [3.8, 4) is 6.07 Å². The molecule has 0 saturated carbocycles. The van der Waals surface area contributed by atoms with Gasteiger partial charge in [-0.25, -0.2) is 0 Å². The number of piperidine rings is 1. The fourth-order valence-electron chi connectivity index (χ4n) is 2.91. The second-order valence-electron chi connectivity index (χ2n) is 5.33. The van der Waals surface area contributed by atoms with Crippen molar-refractivity contribution in [1.82, 2.24) is 10.2 Å². The van der Waals surface area contributed by atoms with E-state index in [4.69, 9.17) is 5.26 Å². The summed E-state index contributed by atoms with van der Waals surface area (Å²) < 4.78 is 0. The fraction of sp³-hybridized carbons (Fsp3) is 0.333. The van der Waals surface area contributed by atoms with Crippen LogP contribution in [0.15, 0.2) is 12.1 Å². The first-order valence-corrected chi connectivity index (χ1v) is 6.69. The van der Waals surface area contributed by atoms with Crippen LogP contribution in [0.2, 0.25) is 0 Å². The Morgan fingerprint density at radius 2 is 2.10 bits per heavy atom. The van der Waals surface area contributed by atoms with Crippen LogP contribution in [0.1, 0.15) is 39.9 Å². The minimum absolute atomic E-state index is 0.235. The van der Waals surface area contributed by atoms with Crippen LogP contribution in [0.5, 0.6) is 0 Å². The molecule has 1 atom stereocenters. The summed E-state index contributed by atoms with van der Waals surface area (Å²) in [6.07, 6.45) is 0.577. The molecule has 2 aliphatic heterocycles. The first-order valence-electron chi connectivity index (χ1n) is 6.69. The lowest BCUT2D eigenvalue weighted by atomic mass is 10.0. The second kappa shape index (κ2) is 4.70. The molecule has 1 aromatic rings. The van der Waals surface area contributed by atoms with Crippen molar-refractivity contribution in [1.29, 1.82) is 5.26 Å².